The number of carbonyl (C=O) groups excluding carboxylic acids is 3. The molecule has 5 rings (SSSR count). The standard InChI is InChI=1S/C28H26Cl2N4O5/c29-19-7-5-18(6-8-19)28(13-21-10-9-20(30)14-32-21)23-4-2-1-3-22(23)27(38)34(28)39-17-25(36)24(35)15-33-12-11-31-26(37)16-33/h1-10,14,24,35H,11-13,15-17H2,(H,31,37)/t24?,28-/m1/s1. The number of benzene rings is 2. The fourth-order valence-electron chi connectivity index (χ4n) is 5.05. The number of nitrogens with zero attached hydrogens (tertiary/aromatic N) is 3. The monoisotopic (exact) mass is 568 g/mol. The van der Waals surface area contributed by atoms with E-state index in [1.165, 1.54) is 11.3 Å². The molecule has 1 saturated heterocycles. The summed E-state index contributed by atoms with van der Waals surface area (Å²) in [6, 6.07) is 17.7. The number of halogens is 2. The number of aromatic nitrogens is 1. The topological polar surface area (TPSA) is 112 Å². The van der Waals surface area contributed by atoms with Gasteiger partial charge in [-0.3, -0.25) is 29.1 Å². The smallest absolute Gasteiger partial charge is 0.279 e. The molecule has 1 aromatic heterocycles. The molecule has 1 fully saturated rings. The van der Waals surface area contributed by atoms with Gasteiger partial charge in [0.2, 0.25) is 5.91 Å². The summed E-state index contributed by atoms with van der Waals surface area (Å²) >= 11 is 12.3. The van der Waals surface area contributed by atoms with Crippen molar-refractivity contribution in [1.82, 2.24) is 20.3 Å². The molecule has 0 spiro atoms. The minimum atomic E-state index is -1.39. The summed E-state index contributed by atoms with van der Waals surface area (Å²) in [6.45, 7) is 0.494. The Hall–Kier alpha value is -3.34. The van der Waals surface area contributed by atoms with Crippen molar-refractivity contribution in [2.45, 2.75) is 18.1 Å². The summed E-state index contributed by atoms with van der Waals surface area (Å²) < 4.78 is 0. The van der Waals surface area contributed by atoms with E-state index in [1.54, 1.807) is 41.3 Å². The van der Waals surface area contributed by atoms with Gasteiger partial charge in [0.05, 0.1) is 11.6 Å². The van der Waals surface area contributed by atoms with Crippen LogP contribution >= 0.6 is 23.2 Å². The van der Waals surface area contributed by atoms with Gasteiger partial charge < -0.3 is 10.4 Å². The Kier molecular flexibility index (Phi) is 7.97. The van der Waals surface area contributed by atoms with Crippen molar-refractivity contribution in [3.05, 3.63) is 99.3 Å². The van der Waals surface area contributed by atoms with E-state index in [-0.39, 0.29) is 25.4 Å². The molecule has 3 heterocycles. The number of amides is 2. The Morgan fingerprint density at radius 1 is 1.08 bits per heavy atom. The van der Waals surface area contributed by atoms with Crippen LogP contribution in [0, 0.1) is 0 Å². The molecule has 2 aliphatic rings. The number of carbonyl (C=O) groups is 3. The first kappa shape index (κ1) is 27.2. The Morgan fingerprint density at radius 2 is 1.82 bits per heavy atom. The number of ketones is 1. The Labute approximate surface area is 235 Å². The van der Waals surface area contributed by atoms with Gasteiger partial charge in [-0.05, 0) is 41.5 Å². The van der Waals surface area contributed by atoms with Gasteiger partial charge in [-0.2, -0.15) is 0 Å². The Morgan fingerprint density at radius 3 is 2.54 bits per heavy atom. The average Bonchev–Trinajstić information content (AvgIpc) is 3.17. The van der Waals surface area contributed by atoms with Crippen LogP contribution in [0.15, 0.2) is 66.9 Å². The minimum absolute atomic E-state index is 0.0131. The zero-order valence-electron chi connectivity index (χ0n) is 20.8. The summed E-state index contributed by atoms with van der Waals surface area (Å²) in [5, 5.41) is 15.5. The van der Waals surface area contributed by atoms with E-state index in [0.29, 0.717) is 45.5 Å². The van der Waals surface area contributed by atoms with Gasteiger partial charge in [-0.25, -0.2) is 5.06 Å². The zero-order chi connectivity index (χ0) is 27.6. The highest BCUT2D eigenvalue weighted by molar-refractivity contribution is 6.30. The maximum atomic E-state index is 13.7. The molecule has 2 aromatic carbocycles. The van der Waals surface area contributed by atoms with Gasteiger partial charge in [0.15, 0.2) is 5.78 Å². The van der Waals surface area contributed by atoms with E-state index in [0.717, 1.165) is 0 Å². The number of nitrogens with one attached hydrogen (secondary N) is 1. The lowest BCUT2D eigenvalue weighted by molar-refractivity contribution is -0.180. The molecule has 0 saturated carbocycles. The second-order valence-electron chi connectivity index (χ2n) is 9.50. The summed E-state index contributed by atoms with van der Waals surface area (Å²) in [5.74, 6) is -1.20. The van der Waals surface area contributed by atoms with Crippen molar-refractivity contribution in [3.8, 4) is 0 Å². The predicted molar refractivity (Wildman–Crippen MR) is 144 cm³/mol. The Bertz CT molecular complexity index is 1390. The molecule has 11 heteroatoms. The fraction of sp³-hybridized carbons (Fsp3) is 0.286. The molecule has 2 N–H and O–H groups in total. The second kappa shape index (κ2) is 11.4. The SMILES string of the molecule is O=C1CN(CC(O)C(=O)CON2C(=O)c3ccccc3[C@@]2(Cc2ccc(Cl)cn2)c2ccc(Cl)cc2)CCN1. The molecule has 2 atom stereocenters. The van der Waals surface area contributed by atoms with Crippen molar-refractivity contribution in [1.29, 1.82) is 0 Å². The van der Waals surface area contributed by atoms with Crippen LogP contribution in [0.2, 0.25) is 10.0 Å². The van der Waals surface area contributed by atoms with Gasteiger partial charge >= 0.3 is 0 Å². The van der Waals surface area contributed by atoms with Crippen LogP contribution in [0.1, 0.15) is 27.2 Å². The van der Waals surface area contributed by atoms with Crippen molar-refractivity contribution in [3.63, 3.8) is 0 Å². The number of β-amino-alcohol motifs (C(OH)–C–C–N with tert-alkyl or cyclic N) is 1. The summed E-state index contributed by atoms with van der Waals surface area (Å²) in [4.78, 5) is 50.5. The molecular formula is C28H26Cl2N4O5. The van der Waals surface area contributed by atoms with E-state index < -0.39 is 29.9 Å². The number of hydrogen-bond donors (Lipinski definition) is 2. The lowest BCUT2D eigenvalue weighted by Gasteiger charge is -2.38. The number of pyridine rings is 1. The van der Waals surface area contributed by atoms with Crippen molar-refractivity contribution < 1.29 is 24.3 Å². The van der Waals surface area contributed by atoms with Gasteiger partial charge in [-0.1, -0.05) is 53.5 Å². The van der Waals surface area contributed by atoms with Crippen LogP contribution in [-0.4, -0.2) is 76.5 Å². The molecule has 1 unspecified atom stereocenters. The quantitative estimate of drug-likeness (QED) is 0.408. The number of piperazine rings is 1. The fourth-order valence-corrected chi connectivity index (χ4v) is 5.29. The maximum Gasteiger partial charge on any atom is 0.279 e. The molecular weight excluding hydrogens is 543 g/mol. The van der Waals surface area contributed by atoms with E-state index in [9.17, 15) is 19.5 Å². The first-order valence-electron chi connectivity index (χ1n) is 12.4. The van der Waals surface area contributed by atoms with Crippen LogP contribution in [0.25, 0.3) is 0 Å². The highest BCUT2D eigenvalue weighted by Crippen LogP contribution is 2.46. The molecule has 2 amide bonds. The van der Waals surface area contributed by atoms with Crippen LogP contribution in [0.4, 0.5) is 0 Å². The van der Waals surface area contributed by atoms with Gasteiger partial charge in [0.1, 0.15) is 18.2 Å². The predicted octanol–water partition coefficient (Wildman–Crippen LogP) is 2.62. The van der Waals surface area contributed by atoms with Gasteiger partial charge in [0.25, 0.3) is 5.91 Å². The first-order chi connectivity index (χ1) is 18.8. The van der Waals surface area contributed by atoms with Gasteiger partial charge in [0, 0.05) is 48.5 Å². The van der Waals surface area contributed by atoms with E-state index in [4.69, 9.17) is 28.0 Å². The van der Waals surface area contributed by atoms with Crippen molar-refractivity contribution >= 4 is 40.8 Å². The molecule has 39 heavy (non-hydrogen) atoms. The summed E-state index contributed by atoms with van der Waals surface area (Å²) in [5.41, 5.74) is 1.27. The Balaban J connectivity index is 1.47. The number of rotatable bonds is 9. The number of aliphatic hydroxyl groups excluding tert-OH is 1. The number of hydrogen-bond acceptors (Lipinski definition) is 7. The molecule has 2 aliphatic heterocycles. The highest BCUT2D eigenvalue weighted by Gasteiger charge is 2.52. The lowest BCUT2D eigenvalue weighted by atomic mass is 9.79. The van der Waals surface area contributed by atoms with Crippen LogP contribution in [0.3, 0.4) is 0 Å². The molecule has 3 aromatic rings. The number of aliphatic hydroxyl groups is 1. The van der Waals surface area contributed by atoms with Crippen molar-refractivity contribution in [2.24, 2.45) is 0 Å². The third-order valence-electron chi connectivity index (χ3n) is 6.94. The largest absolute Gasteiger partial charge is 0.384 e. The van der Waals surface area contributed by atoms with E-state index in [2.05, 4.69) is 10.3 Å². The third-order valence-corrected chi connectivity index (χ3v) is 7.41. The lowest BCUT2D eigenvalue weighted by Crippen LogP contribution is -2.51. The average molecular weight is 569 g/mol. The summed E-state index contributed by atoms with van der Waals surface area (Å²) in [6.07, 6.45) is 0.355. The van der Waals surface area contributed by atoms with Gasteiger partial charge in [-0.15, -0.1) is 0 Å². The first-order valence-corrected chi connectivity index (χ1v) is 13.2. The minimum Gasteiger partial charge on any atom is -0.384 e. The maximum absolute atomic E-state index is 13.7. The summed E-state index contributed by atoms with van der Waals surface area (Å²) in [7, 11) is 0. The van der Waals surface area contributed by atoms with Crippen LogP contribution in [-0.2, 0) is 26.4 Å². The number of hydroxylamine groups is 2. The number of Topliss-reactive ketones (excluding diaryl/α,β-unsaturated/α-hetero) is 1. The van der Waals surface area contributed by atoms with Crippen LogP contribution in [0.5, 0.6) is 0 Å². The third kappa shape index (κ3) is 5.54. The normalized spacial score (nSPS) is 20.0. The van der Waals surface area contributed by atoms with Crippen molar-refractivity contribution in [2.75, 3.05) is 32.8 Å². The molecule has 0 aliphatic carbocycles. The molecule has 0 radical (unpaired) electrons. The molecule has 202 valence electrons. The van der Waals surface area contributed by atoms with E-state index in [1.807, 2.05) is 24.3 Å². The zero-order valence-corrected chi connectivity index (χ0v) is 22.4. The number of fused-ring (bicyclic) bond motifs is 1. The van der Waals surface area contributed by atoms with E-state index >= 15 is 0 Å². The molecule has 0 bridgehead atoms. The highest BCUT2D eigenvalue weighted by atomic mass is 35.5. The molecule has 9 nitrogen and oxygen atoms in total. The van der Waals surface area contributed by atoms with Crippen LogP contribution < -0.4 is 5.32 Å². The second-order valence-corrected chi connectivity index (χ2v) is 10.4.